The van der Waals surface area contributed by atoms with Crippen molar-refractivity contribution >= 4 is 17.6 Å². The Morgan fingerprint density at radius 2 is 2.42 bits per heavy atom. The molecular formula is C7H7ClN2O2. The zero-order valence-electron chi connectivity index (χ0n) is 6.12. The van der Waals surface area contributed by atoms with Crippen LogP contribution in [0.2, 0.25) is 5.02 Å². The number of hydrogen-bond donors (Lipinski definition) is 2. The van der Waals surface area contributed by atoms with Gasteiger partial charge in [-0.3, -0.25) is 4.98 Å². The van der Waals surface area contributed by atoms with E-state index >= 15 is 0 Å². The molecule has 1 rings (SSSR count). The molecule has 5 heteroatoms. The molecule has 0 radical (unpaired) electrons. The molecule has 0 spiro atoms. The minimum Gasteiger partial charge on any atom is -0.478 e. The predicted octanol–water partition coefficient (Wildman–Crippen LogP) is 0.892. The molecule has 12 heavy (non-hydrogen) atoms. The highest BCUT2D eigenvalue weighted by Gasteiger charge is 2.10. The Bertz CT molecular complexity index is 314. The fraction of sp³-hybridized carbons (Fsp3) is 0.143. The van der Waals surface area contributed by atoms with Crippen LogP contribution in [0, 0.1) is 0 Å². The van der Waals surface area contributed by atoms with E-state index in [1.807, 2.05) is 0 Å². The van der Waals surface area contributed by atoms with Gasteiger partial charge in [0.05, 0.1) is 16.3 Å². The molecule has 1 aromatic heterocycles. The largest absolute Gasteiger partial charge is 0.478 e. The first-order valence-electron chi connectivity index (χ1n) is 3.23. The predicted molar refractivity (Wildman–Crippen MR) is 44.1 cm³/mol. The highest BCUT2D eigenvalue weighted by molar-refractivity contribution is 6.30. The minimum atomic E-state index is -1.06. The fourth-order valence-corrected chi connectivity index (χ4v) is 0.973. The molecule has 0 aliphatic carbocycles. The molecule has 0 fully saturated rings. The zero-order chi connectivity index (χ0) is 9.14. The quantitative estimate of drug-likeness (QED) is 0.719. The van der Waals surface area contributed by atoms with Gasteiger partial charge in [-0.1, -0.05) is 11.6 Å². The van der Waals surface area contributed by atoms with Crippen molar-refractivity contribution in [2.24, 2.45) is 5.73 Å². The van der Waals surface area contributed by atoms with Crippen molar-refractivity contribution < 1.29 is 9.90 Å². The van der Waals surface area contributed by atoms with E-state index in [-0.39, 0.29) is 12.1 Å². The third-order valence-electron chi connectivity index (χ3n) is 1.36. The highest BCUT2D eigenvalue weighted by atomic mass is 35.5. The summed E-state index contributed by atoms with van der Waals surface area (Å²) >= 11 is 5.55. The van der Waals surface area contributed by atoms with Crippen molar-refractivity contribution in [1.29, 1.82) is 0 Å². The lowest BCUT2D eigenvalue weighted by Gasteiger charge is -2.01. The number of carbonyl (C=O) groups is 1. The van der Waals surface area contributed by atoms with E-state index in [4.69, 9.17) is 22.4 Å². The second kappa shape index (κ2) is 3.51. The number of halogens is 1. The molecule has 0 bridgehead atoms. The van der Waals surface area contributed by atoms with Crippen LogP contribution in [0.3, 0.4) is 0 Å². The van der Waals surface area contributed by atoms with Gasteiger partial charge >= 0.3 is 5.97 Å². The Morgan fingerprint density at radius 3 is 2.92 bits per heavy atom. The van der Waals surface area contributed by atoms with Crippen LogP contribution < -0.4 is 5.73 Å². The normalized spacial score (nSPS) is 9.83. The molecule has 3 N–H and O–H groups in total. The molecule has 0 saturated heterocycles. The van der Waals surface area contributed by atoms with E-state index in [1.54, 1.807) is 0 Å². The maximum Gasteiger partial charge on any atom is 0.337 e. The van der Waals surface area contributed by atoms with Gasteiger partial charge in [-0.05, 0) is 6.07 Å². The molecule has 0 aromatic carbocycles. The van der Waals surface area contributed by atoms with Crippen molar-refractivity contribution in [2.75, 3.05) is 0 Å². The molecule has 1 heterocycles. The van der Waals surface area contributed by atoms with Crippen LogP contribution in [0.1, 0.15) is 16.1 Å². The van der Waals surface area contributed by atoms with Gasteiger partial charge in [-0.15, -0.1) is 0 Å². The van der Waals surface area contributed by atoms with Crippen molar-refractivity contribution in [3.63, 3.8) is 0 Å². The number of aromatic carboxylic acids is 1. The number of rotatable bonds is 2. The van der Waals surface area contributed by atoms with Gasteiger partial charge in [0.1, 0.15) is 0 Å². The van der Waals surface area contributed by atoms with Crippen molar-refractivity contribution in [2.45, 2.75) is 6.54 Å². The maximum atomic E-state index is 10.6. The first-order valence-corrected chi connectivity index (χ1v) is 3.60. The minimum absolute atomic E-state index is 0.0602. The summed E-state index contributed by atoms with van der Waals surface area (Å²) in [4.78, 5) is 14.4. The molecule has 1 aromatic rings. The standard InChI is InChI=1S/C7H7ClN2O2/c8-4-1-5(7(11)12)6(2-9)10-3-4/h1,3H,2,9H2,(H,11,12). The molecule has 0 unspecified atom stereocenters. The van der Waals surface area contributed by atoms with Crippen molar-refractivity contribution in [3.05, 3.63) is 28.5 Å². The van der Waals surface area contributed by atoms with Gasteiger partial charge < -0.3 is 10.8 Å². The van der Waals surface area contributed by atoms with Crippen LogP contribution in [0.5, 0.6) is 0 Å². The summed E-state index contributed by atoms with van der Waals surface area (Å²) in [6.45, 7) is 0.0960. The Balaban J connectivity index is 3.21. The zero-order valence-corrected chi connectivity index (χ0v) is 6.88. The number of hydrogen-bond acceptors (Lipinski definition) is 3. The van der Waals surface area contributed by atoms with Crippen LogP contribution in [-0.4, -0.2) is 16.1 Å². The Morgan fingerprint density at radius 1 is 1.75 bits per heavy atom. The van der Waals surface area contributed by atoms with Crippen LogP contribution in [0.25, 0.3) is 0 Å². The smallest absolute Gasteiger partial charge is 0.337 e. The van der Waals surface area contributed by atoms with Gasteiger partial charge in [-0.2, -0.15) is 0 Å². The molecular weight excluding hydrogens is 180 g/mol. The molecule has 64 valence electrons. The number of nitrogens with zero attached hydrogens (tertiary/aromatic N) is 1. The summed E-state index contributed by atoms with van der Waals surface area (Å²) in [5.74, 6) is -1.06. The second-order valence-corrected chi connectivity index (χ2v) is 2.59. The van der Waals surface area contributed by atoms with E-state index in [0.717, 1.165) is 0 Å². The number of pyridine rings is 1. The van der Waals surface area contributed by atoms with Gasteiger partial charge in [0.25, 0.3) is 0 Å². The van der Waals surface area contributed by atoms with E-state index < -0.39 is 5.97 Å². The van der Waals surface area contributed by atoms with Gasteiger partial charge in [0.2, 0.25) is 0 Å². The topological polar surface area (TPSA) is 76.2 Å². The third kappa shape index (κ3) is 1.72. The van der Waals surface area contributed by atoms with E-state index in [1.165, 1.54) is 12.3 Å². The third-order valence-corrected chi connectivity index (χ3v) is 1.57. The molecule has 0 amide bonds. The van der Waals surface area contributed by atoms with Crippen LogP contribution >= 0.6 is 11.6 Å². The first kappa shape index (κ1) is 8.96. The Kier molecular flexibility index (Phi) is 2.62. The maximum absolute atomic E-state index is 10.6. The average Bonchev–Trinajstić information content (AvgIpc) is 2.04. The first-order chi connectivity index (χ1) is 5.65. The molecule has 0 aliphatic heterocycles. The summed E-state index contributed by atoms with van der Waals surface area (Å²) in [5.41, 5.74) is 5.67. The number of carboxylic acid groups (broad SMARTS) is 1. The summed E-state index contributed by atoms with van der Waals surface area (Å²) < 4.78 is 0. The monoisotopic (exact) mass is 186 g/mol. The van der Waals surface area contributed by atoms with Gasteiger partial charge in [0, 0.05) is 12.7 Å². The number of nitrogens with two attached hydrogens (primary N) is 1. The van der Waals surface area contributed by atoms with Crippen LogP contribution in [0.4, 0.5) is 0 Å². The second-order valence-electron chi connectivity index (χ2n) is 2.16. The molecule has 4 nitrogen and oxygen atoms in total. The lowest BCUT2D eigenvalue weighted by atomic mass is 10.2. The lowest BCUT2D eigenvalue weighted by Crippen LogP contribution is -2.08. The number of aromatic nitrogens is 1. The summed E-state index contributed by atoms with van der Waals surface area (Å²) in [6.07, 6.45) is 1.37. The molecule has 0 saturated carbocycles. The fourth-order valence-electron chi connectivity index (χ4n) is 0.815. The van der Waals surface area contributed by atoms with E-state index in [9.17, 15) is 4.79 Å². The van der Waals surface area contributed by atoms with Crippen molar-refractivity contribution in [3.8, 4) is 0 Å². The highest BCUT2D eigenvalue weighted by Crippen LogP contribution is 2.12. The van der Waals surface area contributed by atoms with E-state index in [0.29, 0.717) is 10.7 Å². The van der Waals surface area contributed by atoms with Gasteiger partial charge in [0.15, 0.2) is 0 Å². The van der Waals surface area contributed by atoms with Gasteiger partial charge in [-0.25, -0.2) is 4.79 Å². The summed E-state index contributed by atoms with van der Waals surface area (Å²) in [7, 11) is 0. The Hall–Kier alpha value is -1.13. The van der Waals surface area contributed by atoms with Crippen molar-refractivity contribution in [1.82, 2.24) is 4.98 Å². The number of carboxylic acids is 1. The molecule has 0 aliphatic rings. The van der Waals surface area contributed by atoms with Crippen LogP contribution in [-0.2, 0) is 6.54 Å². The van der Waals surface area contributed by atoms with E-state index in [2.05, 4.69) is 4.98 Å². The lowest BCUT2D eigenvalue weighted by molar-refractivity contribution is 0.0695. The Labute approximate surface area is 74.0 Å². The summed E-state index contributed by atoms with van der Waals surface area (Å²) in [5, 5.41) is 8.96. The van der Waals surface area contributed by atoms with Crippen LogP contribution in [0.15, 0.2) is 12.3 Å². The molecule has 0 atom stereocenters. The summed E-state index contributed by atoms with van der Waals surface area (Å²) in [6, 6.07) is 1.33. The average molecular weight is 187 g/mol. The SMILES string of the molecule is NCc1ncc(Cl)cc1C(=O)O.